The molecule has 96 valence electrons. The third-order valence-electron chi connectivity index (χ3n) is 3.41. The van der Waals surface area contributed by atoms with Gasteiger partial charge in [0, 0.05) is 25.5 Å². The van der Waals surface area contributed by atoms with Crippen molar-refractivity contribution in [3.05, 3.63) is 15.9 Å². The molecule has 0 aromatic carbocycles. The number of hydrogen-bond acceptors (Lipinski definition) is 2. The highest BCUT2D eigenvalue weighted by Crippen LogP contribution is 2.25. The van der Waals surface area contributed by atoms with Crippen LogP contribution in [-0.4, -0.2) is 33.6 Å². The summed E-state index contributed by atoms with van der Waals surface area (Å²) in [6, 6.07) is 0. The number of aryl methyl sites for hydroxylation is 2. The molecule has 0 N–H and O–H groups in total. The standard InChI is InChI=1S/C12H19BrClN3/c1-3-17-11(12(13)9(2)15-17)8-16-5-4-10(6-14)7-16/h10H,3-8H2,1-2H3. The van der Waals surface area contributed by atoms with Crippen molar-refractivity contribution in [1.82, 2.24) is 14.7 Å². The number of rotatable bonds is 4. The second kappa shape index (κ2) is 5.72. The molecular formula is C12H19BrClN3. The number of halogens is 2. The van der Waals surface area contributed by atoms with Gasteiger partial charge in [0.1, 0.15) is 0 Å². The van der Waals surface area contributed by atoms with Crippen LogP contribution in [-0.2, 0) is 13.1 Å². The van der Waals surface area contributed by atoms with Crippen LogP contribution in [0.15, 0.2) is 4.47 Å². The molecule has 17 heavy (non-hydrogen) atoms. The van der Waals surface area contributed by atoms with Gasteiger partial charge in [-0.05, 0) is 48.7 Å². The second-order valence-corrected chi connectivity index (χ2v) is 5.81. The predicted molar refractivity (Wildman–Crippen MR) is 74.4 cm³/mol. The van der Waals surface area contributed by atoms with Gasteiger partial charge in [0.2, 0.25) is 0 Å². The lowest BCUT2D eigenvalue weighted by Gasteiger charge is -2.16. The number of hydrogen-bond donors (Lipinski definition) is 0. The summed E-state index contributed by atoms with van der Waals surface area (Å²) < 4.78 is 3.25. The molecule has 2 rings (SSSR count). The fourth-order valence-electron chi connectivity index (χ4n) is 2.41. The van der Waals surface area contributed by atoms with Crippen LogP contribution in [0.5, 0.6) is 0 Å². The van der Waals surface area contributed by atoms with Gasteiger partial charge < -0.3 is 0 Å². The zero-order chi connectivity index (χ0) is 12.4. The van der Waals surface area contributed by atoms with E-state index in [1.165, 1.54) is 12.1 Å². The first-order valence-electron chi connectivity index (χ1n) is 6.15. The summed E-state index contributed by atoms with van der Waals surface area (Å²) in [6.07, 6.45) is 1.22. The average Bonchev–Trinajstić information content (AvgIpc) is 2.89. The minimum Gasteiger partial charge on any atom is -0.297 e. The monoisotopic (exact) mass is 319 g/mol. The van der Waals surface area contributed by atoms with E-state index in [9.17, 15) is 0 Å². The van der Waals surface area contributed by atoms with Gasteiger partial charge in [-0.25, -0.2) is 0 Å². The zero-order valence-corrected chi connectivity index (χ0v) is 12.8. The normalized spacial score (nSPS) is 21.3. The van der Waals surface area contributed by atoms with Gasteiger partial charge in [-0.3, -0.25) is 9.58 Å². The molecule has 0 amide bonds. The van der Waals surface area contributed by atoms with Gasteiger partial charge in [-0.2, -0.15) is 5.10 Å². The minimum atomic E-state index is 0.662. The van der Waals surface area contributed by atoms with Gasteiger partial charge in [0.25, 0.3) is 0 Å². The summed E-state index contributed by atoms with van der Waals surface area (Å²) in [5, 5.41) is 4.53. The Morgan fingerprint density at radius 3 is 2.88 bits per heavy atom. The topological polar surface area (TPSA) is 21.1 Å². The molecule has 1 atom stereocenters. The SMILES string of the molecule is CCn1nc(C)c(Br)c1CN1CCC(CCl)C1. The molecule has 0 saturated carbocycles. The molecule has 1 unspecified atom stereocenters. The first kappa shape index (κ1) is 13.4. The smallest absolute Gasteiger partial charge is 0.0739 e. The van der Waals surface area contributed by atoms with Crippen LogP contribution in [0.4, 0.5) is 0 Å². The number of nitrogens with zero attached hydrogens (tertiary/aromatic N) is 3. The molecule has 5 heteroatoms. The average molecular weight is 321 g/mol. The van der Waals surface area contributed by atoms with Crippen molar-refractivity contribution in [3.8, 4) is 0 Å². The predicted octanol–water partition coefficient (Wildman–Crippen LogP) is 3.03. The van der Waals surface area contributed by atoms with Crippen LogP contribution < -0.4 is 0 Å². The lowest BCUT2D eigenvalue weighted by atomic mass is 10.2. The lowest BCUT2D eigenvalue weighted by molar-refractivity contribution is 0.308. The van der Waals surface area contributed by atoms with Crippen LogP contribution in [0.1, 0.15) is 24.7 Å². The quantitative estimate of drug-likeness (QED) is 0.795. The zero-order valence-electron chi connectivity index (χ0n) is 10.4. The molecule has 1 aliphatic rings. The molecule has 1 saturated heterocycles. The Hall–Kier alpha value is -0.0600. The molecule has 1 aliphatic heterocycles. The lowest BCUT2D eigenvalue weighted by Crippen LogP contribution is -2.22. The molecule has 0 spiro atoms. The minimum absolute atomic E-state index is 0.662. The summed E-state index contributed by atoms with van der Waals surface area (Å²) >= 11 is 9.56. The van der Waals surface area contributed by atoms with Crippen molar-refractivity contribution in [1.29, 1.82) is 0 Å². The highest BCUT2D eigenvalue weighted by Gasteiger charge is 2.24. The molecule has 1 fully saturated rings. The number of alkyl halides is 1. The van der Waals surface area contributed by atoms with E-state index in [0.717, 1.165) is 42.2 Å². The van der Waals surface area contributed by atoms with E-state index in [4.69, 9.17) is 11.6 Å². The third-order valence-corrected chi connectivity index (χ3v) is 4.88. The molecule has 3 nitrogen and oxygen atoms in total. The Balaban J connectivity index is 2.08. The van der Waals surface area contributed by atoms with Gasteiger partial charge in [0.15, 0.2) is 0 Å². The van der Waals surface area contributed by atoms with Crippen LogP contribution in [0.2, 0.25) is 0 Å². The Bertz CT molecular complexity index is 391. The fraction of sp³-hybridized carbons (Fsp3) is 0.750. The van der Waals surface area contributed by atoms with Crippen molar-refractivity contribution in [2.45, 2.75) is 33.4 Å². The van der Waals surface area contributed by atoms with Gasteiger partial charge in [-0.15, -0.1) is 11.6 Å². The summed E-state index contributed by atoms with van der Waals surface area (Å²) in [4.78, 5) is 2.47. The Labute approximate surface area is 116 Å². The van der Waals surface area contributed by atoms with Crippen LogP contribution in [0.3, 0.4) is 0 Å². The van der Waals surface area contributed by atoms with E-state index in [0.29, 0.717) is 5.92 Å². The number of aromatic nitrogens is 2. The van der Waals surface area contributed by atoms with Crippen molar-refractivity contribution in [3.63, 3.8) is 0 Å². The van der Waals surface area contributed by atoms with Crippen molar-refractivity contribution < 1.29 is 0 Å². The van der Waals surface area contributed by atoms with E-state index < -0.39 is 0 Å². The Kier molecular flexibility index (Phi) is 4.50. The van der Waals surface area contributed by atoms with E-state index in [1.807, 2.05) is 6.92 Å². The molecular weight excluding hydrogens is 302 g/mol. The largest absolute Gasteiger partial charge is 0.297 e. The fourth-order valence-corrected chi connectivity index (χ4v) is 3.08. The summed E-state index contributed by atoms with van der Waals surface area (Å²) in [7, 11) is 0. The first-order valence-corrected chi connectivity index (χ1v) is 7.48. The van der Waals surface area contributed by atoms with Crippen LogP contribution in [0.25, 0.3) is 0 Å². The number of likely N-dealkylation sites (tertiary alicyclic amines) is 1. The van der Waals surface area contributed by atoms with E-state index in [2.05, 4.69) is 37.5 Å². The summed E-state index contributed by atoms with van der Waals surface area (Å²) in [5.41, 5.74) is 2.37. The van der Waals surface area contributed by atoms with Crippen LogP contribution >= 0.6 is 27.5 Å². The maximum Gasteiger partial charge on any atom is 0.0739 e. The molecule has 0 aliphatic carbocycles. The van der Waals surface area contributed by atoms with Gasteiger partial charge in [0.05, 0.1) is 15.9 Å². The van der Waals surface area contributed by atoms with Crippen molar-refractivity contribution >= 4 is 27.5 Å². The van der Waals surface area contributed by atoms with Crippen molar-refractivity contribution in [2.24, 2.45) is 5.92 Å². The van der Waals surface area contributed by atoms with Gasteiger partial charge >= 0.3 is 0 Å². The second-order valence-electron chi connectivity index (χ2n) is 4.71. The highest BCUT2D eigenvalue weighted by molar-refractivity contribution is 9.10. The Morgan fingerprint density at radius 2 is 2.29 bits per heavy atom. The highest BCUT2D eigenvalue weighted by atomic mass is 79.9. The summed E-state index contributed by atoms with van der Waals surface area (Å²) in [5.74, 6) is 1.44. The van der Waals surface area contributed by atoms with Gasteiger partial charge in [-0.1, -0.05) is 0 Å². The third kappa shape index (κ3) is 2.85. The maximum absolute atomic E-state index is 5.92. The molecule has 2 heterocycles. The first-order chi connectivity index (χ1) is 8.15. The van der Waals surface area contributed by atoms with E-state index in [-0.39, 0.29) is 0 Å². The Morgan fingerprint density at radius 1 is 1.53 bits per heavy atom. The van der Waals surface area contributed by atoms with E-state index >= 15 is 0 Å². The molecule has 0 radical (unpaired) electrons. The van der Waals surface area contributed by atoms with Crippen LogP contribution in [0, 0.1) is 12.8 Å². The van der Waals surface area contributed by atoms with E-state index in [1.54, 1.807) is 0 Å². The van der Waals surface area contributed by atoms with Crippen molar-refractivity contribution in [2.75, 3.05) is 19.0 Å². The summed E-state index contributed by atoms with van der Waals surface area (Å²) in [6.45, 7) is 8.35. The molecule has 1 aromatic heterocycles. The maximum atomic E-state index is 5.92. The molecule has 0 bridgehead atoms. The molecule has 1 aromatic rings.